The van der Waals surface area contributed by atoms with E-state index >= 15 is 0 Å². The van der Waals surface area contributed by atoms with Gasteiger partial charge in [0.05, 0.1) is 21.4 Å². The van der Waals surface area contributed by atoms with Crippen molar-refractivity contribution in [1.82, 2.24) is 9.97 Å². The van der Waals surface area contributed by atoms with Crippen LogP contribution in [0, 0.1) is 0 Å². The maximum Gasteiger partial charge on any atom is 0.279 e. The molecule has 0 amide bonds. The Hall–Kier alpha value is -1.65. The Morgan fingerprint density at radius 1 is 1.18 bits per heavy atom. The average molecular weight is 263 g/mol. The number of ether oxygens (including phenoxy) is 1. The van der Waals surface area contributed by atoms with E-state index in [-0.39, 0.29) is 0 Å². The van der Waals surface area contributed by atoms with E-state index in [4.69, 9.17) is 16.3 Å². The Kier molecular flexibility index (Phi) is 2.66. The Bertz CT molecular complexity index is 635. The third-order valence-electron chi connectivity index (χ3n) is 2.16. The van der Waals surface area contributed by atoms with Gasteiger partial charge in [0.2, 0.25) is 0 Å². The lowest BCUT2D eigenvalue weighted by Gasteiger charge is -1.99. The summed E-state index contributed by atoms with van der Waals surface area (Å²) in [6.45, 7) is 0. The number of hydrogen-bond donors (Lipinski definition) is 0. The first-order chi connectivity index (χ1) is 8.31. The van der Waals surface area contributed by atoms with Crippen LogP contribution in [0.3, 0.4) is 0 Å². The lowest BCUT2D eigenvalue weighted by atomic mass is 10.3. The fourth-order valence-corrected chi connectivity index (χ4v) is 2.44. The first-order valence-corrected chi connectivity index (χ1v) is 6.15. The van der Waals surface area contributed by atoms with Crippen LogP contribution in [0.4, 0.5) is 0 Å². The van der Waals surface area contributed by atoms with Gasteiger partial charge >= 0.3 is 0 Å². The highest BCUT2D eigenvalue weighted by molar-refractivity contribution is 7.20. The summed E-state index contributed by atoms with van der Waals surface area (Å²) in [4.78, 5) is 8.32. The summed E-state index contributed by atoms with van der Waals surface area (Å²) in [7, 11) is 0. The number of rotatable bonds is 2. The van der Waals surface area contributed by atoms with Crippen molar-refractivity contribution in [2.75, 3.05) is 0 Å². The maximum absolute atomic E-state index is 5.83. The molecule has 0 unspecified atom stereocenters. The zero-order chi connectivity index (χ0) is 11.7. The molecular weight excluding hydrogens is 256 g/mol. The Labute approximate surface area is 107 Å². The van der Waals surface area contributed by atoms with Gasteiger partial charge in [-0.05, 0) is 12.1 Å². The van der Waals surface area contributed by atoms with E-state index in [0.29, 0.717) is 16.0 Å². The van der Waals surface area contributed by atoms with Crippen molar-refractivity contribution >= 4 is 33.2 Å². The molecule has 17 heavy (non-hydrogen) atoms. The van der Waals surface area contributed by atoms with E-state index in [2.05, 4.69) is 9.97 Å². The molecule has 3 aromatic rings. The summed E-state index contributed by atoms with van der Waals surface area (Å²) in [6, 6.07) is 9.60. The number of aromatic nitrogens is 2. The van der Waals surface area contributed by atoms with Crippen LogP contribution in [0.25, 0.3) is 10.2 Å². The van der Waals surface area contributed by atoms with Gasteiger partial charge in [0.25, 0.3) is 5.19 Å². The molecule has 0 fully saturated rings. The molecule has 0 saturated heterocycles. The number of hydrogen-bond acceptors (Lipinski definition) is 4. The maximum atomic E-state index is 5.83. The highest BCUT2D eigenvalue weighted by atomic mass is 35.5. The summed E-state index contributed by atoms with van der Waals surface area (Å²) < 4.78 is 6.70. The van der Waals surface area contributed by atoms with Crippen molar-refractivity contribution in [2.24, 2.45) is 0 Å². The van der Waals surface area contributed by atoms with E-state index in [1.54, 1.807) is 18.5 Å². The molecule has 1 aromatic carbocycles. The van der Waals surface area contributed by atoms with Gasteiger partial charge in [0, 0.05) is 12.3 Å². The average Bonchev–Trinajstić information content (AvgIpc) is 2.71. The van der Waals surface area contributed by atoms with Gasteiger partial charge in [-0.15, -0.1) is 0 Å². The van der Waals surface area contributed by atoms with Gasteiger partial charge < -0.3 is 4.74 Å². The fraction of sp³-hybridized carbons (Fsp3) is 0. The highest BCUT2D eigenvalue weighted by Gasteiger charge is 2.05. The van der Waals surface area contributed by atoms with E-state index in [1.165, 1.54) is 11.3 Å². The van der Waals surface area contributed by atoms with Crippen LogP contribution < -0.4 is 4.74 Å². The predicted molar refractivity (Wildman–Crippen MR) is 68.9 cm³/mol. The smallest absolute Gasteiger partial charge is 0.279 e. The molecule has 2 aromatic heterocycles. The second-order valence-electron chi connectivity index (χ2n) is 3.39. The molecule has 0 aliphatic carbocycles. The molecule has 0 N–H and O–H groups in total. The molecule has 0 saturated carbocycles. The van der Waals surface area contributed by atoms with Crippen LogP contribution in [0.1, 0.15) is 0 Å². The zero-order valence-electron chi connectivity index (χ0n) is 8.63. The third-order valence-corrected chi connectivity index (χ3v) is 3.28. The minimum absolute atomic E-state index is 0.545. The van der Waals surface area contributed by atoms with Crippen molar-refractivity contribution in [1.29, 1.82) is 0 Å². The molecule has 0 aliphatic heterocycles. The monoisotopic (exact) mass is 262 g/mol. The zero-order valence-corrected chi connectivity index (χ0v) is 10.2. The lowest BCUT2D eigenvalue weighted by Crippen LogP contribution is -1.83. The largest absolute Gasteiger partial charge is 0.429 e. The van der Waals surface area contributed by atoms with Crippen molar-refractivity contribution in [3.8, 4) is 10.9 Å². The van der Waals surface area contributed by atoms with Gasteiger partial charge in [-0.2, -0.15) is 0 Å². The van der Waals surface area contributed by atoms with Crippen molar-refractivity contribution < 1.29 is 4.74 Å². The summed E-state index contributed by atoms with van der Waals surface area (Å²) in [5.41, 5.74) is 0.933. The minimum atomic E-state index is 0.545. The molecular formula is C12H7ClN2OS. The van der Waals surface area contributed by atoms with Crippen LogP contribution in [0.5, 0.6) is 10.9 Å². The van der Waals surface area contributed by atoms with E-state index in [1.807, 2.05) is 24.3 Å². The lowest BCUT2D eigenvalue weighted by molar-refractivity contribution is 0.478. The number of thiazole rings is 1. The third kappa shape index (κ3) is 2.23. The van der Waals surface area contributed by atoms with Crippen molar-refractivity contribution in [3.05, 3.63) is 47.7 Å². The molecule has 3 rings (SSSR count). The number of pyridine rings is 1. The van der Waals surface area contributed by atoms with Crippen LogP contribution in [0.2, 0.25) is 5.02 Å². The first kappa shape index (κ1) is 10.5. The standard InChI is InChI=1S/C12H7ClN2OS/c13-8-5-9(7-14-6-8)16-12-15-10-3-1-2-4-11(10)17-12/h1-7H. The highest BCUT2D eigenvalue weighted by Crippen LogP contribution is 2.31. The second-order valence-corrected chi connectivity index (χ2v) is 4.82. The minimum Gasteiger partial charge on any atom is -0.429 e. The summed E-state index contributed by atoms with van der Waals surface area (Å²) >= 11 is 7.32. The number of fused-ring (bicyclic) bond motifs is 1. The van der Waals surface area contributed by atoms with Gasteiger partial charge in [-0.1, -0.05) is 35.1 Å². The number of nitrogens with zero attached hydrogens (tertiary/aromatic N) is 2. The van der Waals surface area contributed by atoms with E-state index in [0.717, 1.165) is 10.2 Å². The summed E-state index contributed by atoms with van der Waals surface area (Å²) in [6.07, 6.45) is 3.17. The molecule has 2 heterocycles. The summed E-state index contributed by atoms with van der Waals surface area (Å²) in [5, 5.41) is 1.14. The van der Waals surface area contributed by atoms with E-state index < -0.39 is 0 Å². The molecule has 5 heteroatoms. The molecule has 3 nitrogen and oxygen atoms in total. The molecule has 0 aliphatic rings. The molecule has 0 radical (unpaired) electrons. The fourth-order valence-electron chi connectivity index (χ4n) is 1.44. The SMILES string of the molecule is Clc1cncc(Oc2nc3ccccc3s2)c1. The van der Waals surface area contributed by atoms with Crippen LogP contribution in [-0.2, 0) is 0 Å². The first-order valence-electron chi connectivity index (χ1n) is 4.95. The van der Waals surface area contributed by atoms with Gasteiger partial charge in [0.15, 0.2) is 0 Å². The molecule has 0 bridgehead atoms. The number of benzene rings is 1. The topological polar surface area (TPSA) is 35.0 Å². The quantitative estimate of drug-likeness (QED) is 0.696. The van der Waals surface area contributed by atoms with Gasteiger partial charge in [-0.3, -0.25) is 4.98 Å². The van der Waals surface area contributed by atoms with Crippen molar-refractivity contribution in [3.63, 3.8) is 0 Å². The van der Waals surface area contributed by atoms with Crippen LogP contribution >= 0.6 is 22.9 Å². The van der Waals surface area contributed by atoms with Gasteiger partial charge in [0.1, 0.15) is 5.75 Å². The Balaban J connectivity index is 1.94. The molecule has 0 spiro atoms. The normalized spacial score (nSPS) is 10.6. The Morgan fingerprint density at radius 3 is 2.88 bits per heavy atom. The number of para-hydroxylation sites is 1. The number of halogens is 1. The summed E-state index contributed by atoms with van der Waals surface area (Å²) in [5.74, 6) is 0.594. The molecule has 0 atom stereocenters. The predicted octanol–water partition coefficient (Wildman–Crippen LogP) is 4.14. The Morgan fingerprint density at radius 2 is 2.06 bits per heavy atom. The van der Waals surface area contributed by atoms with Gasteiger partial charge in [-0.25, -0.2) is 4.98 Å². The second kappa shape index (κ2) is 4.31. The molecule has 84 valence electrons. The van der Waals surface area contributed by atoms with Crippen molar-refractivity contribution in [2.45, 2.75) is 0 Å². The van der Waals surface area contributed by atoms with Crippen LogP contribution in [0.15, 0.2) is 42.7 Å². The van der Waals surface area contributed by atoms with E-state index in [9.17, 15) is 0 Å². The van der Waals surface area contributed by atoms with Crippen LogP contribution in [-0.4, -0.2) is 9.97 Å².